The summed E-state index contributed by atoms with van der Waals surface area (Å²) in [5, 5.41) is 8.71. The molecule has 0 aliphatic rings. The molecule has 0 spiro atoms. The molecule has 2 heterocycles. The summed E-state index contributed by atoms with van der Waals surface area (Å²) >= 11 is 18.3. The second-order valence-electron chi connectivity index (χ2n) is 6.56. The number of carbonyl (C=O) groups is 1. The zero-order valence-corrected chi connectivity index (χ0v) is 18.3. The number of aromatic nitrogens is 2. The van der Waals surface area contributed by atoms with Crippen LogP contribution in [0.25, 0.3) is 0 Å². The Bertz CT molecular complexity index is 1200. The summed E-state index contributed by atoms with van der Waals surface area (Å²) < 4.78 is 12.8. The van der Waals surface area contributed by atoms with E-state index in [0.717, 1.165) is 5.56 Å². The Morgan fingerprint density at radius 3 is 2.58 bits per heavy atom. The number of halogens is 3. The molecule has 0 unspecified atom stereocenters. The van der Waals surface area contributed by atoms with E-state index in [4.69, 9.17) is 44.0 Å². The van der Waals surface area contributed by atoms with E-state index in [2.05, 4.69) is 10.4 Å². The number of benzene rings is 2. The third-order valence-corrected chi connectivity index (χ3v) is 5.27. The minimum Gasteiger partial charge on any atom is -0.486 e. The third-order valence-electron chi connectivity index (χ3n) is 4.33. The van der Waals surface area contributed by atoms with Crippen molar-refractivity contribution in [3.63, 3.8) is 0 Å². The maximum atomic E-state index is 12.5. The normalized spacial score (nSPS) is 10.8. The lowest BCUT2D eigenvalue weighted by molar-refractivity contribution is 0.0992. The van der Waals surface area contributed by atoms with Crippen LogP contribution in [0.3, 0.4) is 0 Å². The van der Waals surface area contributed by atoms with Gasteiger partial charge in [0.1, 0.15) is 18.1 Å². The molecule has 0 saturated heterocycles. The van der Waals surface area contributed by atoms with Crippen LogP contribution in [0.4, 0.5) is 5.82 Å². The first-order chi connectivity index (χ1) is 15.0. The average Bonchev–Trinajstić information content (AvgIpc) is 3.39. The van der Waals surface area contributed by atoms with Crippen LogP contribution in [0, 0.1) is 0 Å². The molecule has 0 saturated carbocycles. The molecule has 2 aromatic carbocycles. The predicted molar refractivity (Wildman–Crippen MR) is 120 cm³/mol. The molecule has 0 bridgehead atoms. The Kier molecular flexibility index (Phi) is 6.51. The number of ether oxygens (including phenoxy) is 1. The largest absolute Gasteiger partial charge is 0.486 e. The van der Waals surface area contributed by atoms with Crippen molar-refractivity contribution in [3.05, 3.63) is 99.0 Å². The second-order valence-corrected chi connectivity index (χ2v) is 7.82. The molecule has 1 N–H and O–H groups in total. The lowest BCUT2D eigenvalue weighted by atomic mass is 10.2. The van der Waals surface area contributed by atoms with Gasteiger partial charge >= 0.3 is 0 Å². The summed E-state index contributed by atoms with van der Waals surface area (Å²) in [6, 6.07) is 17.3. The Balaban J connectivity index is 1.36. The Morgan fingerprint density at radius 1 is 1.03 bits per heavy atom. The molecule has 0 aliphatic heterocycles. The van der Waals surface area contributed by atoms with Gasteiger partial charge in [-0.2, -0.15) is 5.10 Å². The Hall–Kier alpha value is -2.93. The van der Waals surface area contributed by atoms with Crippen LogP contribution in [0.5, 0.6) is 5.75 Å². The van der Waals surface area contributed by atoms with Gasteiger partial charge in [-0.1, -0.05) is 46.9 Å². The number of furan rings is 1. The van der Waals surface area contributed by atoms with Gasteiger partial charge in [0.15, 0.2) is 11.6 Å². The maximum Gasteiger partial charge on any atom is 0.292 e. The van der Waals surface area contributed by atoms with Crippen LogP contribution >= 0.6 is 34.8 Å². The van der Waals surface area contributed by atoms with Gasteiger partial charge < -0.3 is 14.5 Å². The second kappa shape index (κ2) is 9.47. The Labute approximate surface area is 193 Å². The fourth-order valence-corrected chi connectivity index (χ4v) is 3.53. The summed E-state index contributed by atoms with van der Waals surface area (Å²) in [6.45, 7) is 0.543. The van der Waals surface area contributed by atoms with Crippen molar-refractivity contribution < 1.29 is 13.9 Å². The van der Waals surface area contributed by atoms with Gasteiger partial charge in [-0.15, -0.1) is 0 Å². The van der Waals surface area contributed by atoms with E-state index in [1.807, 2.05) is 0 Å². The van der Waals surface area contributed by atoms with Gasteiger partial charge in [0, 0.05) is 32.9 Å². The van der Waals surface area contributed by atoms with Gasteiger partial charge in [0.2, 0.25) is 0 Å². The van der Waals surface area contributed by atoms with E-state index in [1.54, 1.807) is 71.5 Å². The molecule has 0 radical (unpaired) electrons. The molecule has 0 fully saturated rings. The van der Waals surface area contributed by atoms with Crippen molar-refractivity contribution in [1.29, 1.82) is 0 Å². The average molecular weight is 477 g/mol. The monoisotopic (exact) mass is 475 g/mol. The minimum absolute atomic E-state index is 0.147. The van der Waals surface area contributed by atoms with Crippen molar-refractivity contribution >= 4 is 46.5 Å². The molecule has 0 atom stereocenters. The topological polar surface area (TPSA) is 69.3 Å². The van der Waals surface area contributed by atoms with Crippen LogP contribution in [0.1, 0.15) is 21.9 Å². The zero-order chi connectivity index (χ0) is 21.8. The van der Waals surface area contributed by atoms with E-state index >= 15 is 0 Å². The highest BCUT2D eigenvalue weighted by atomic mass is 35.5. The van der Waals surface area contributed by atoms with Gasteiger partial charge in [-0.25, -0.2) is 0 Å². The molecule has 2 aromatic heterocycles. The summed E-state index contributed by atoms with van der Waals surface area (Å²) in [4.78, 5) is 12.5. The summed E-state index contributed by atoms with van der Waals surface area (Å²) in [7, 11) is 0. The molecular formula is C22H16Cl3N3O3. The summed E-state index contributed by atoms with van der Waals surface area (Å²) in [5.41, 5.74) is 0.752. The van der Waals surface area contributed by atoms with E-state index in [1.165, 1.54) is 0 Å². The van der Waals surface area contributed by atoms with Gasteiger partial charge in [0.25, 0.3) is 5.91 Å². The Morgan fingerprint density at radius 2 is 1.81 bits per heavy atom. The molecule has 9 heteroatoms. The van der Waals surface area contributed by atoms with Crippen LogP contribution in [-0.4, -0.2) is 15.7 Å². The highest BCUT2D eigenvalue weighted by Crippen LogP contribution is 2.25. The zero-order valence-electron chi connectivity index (χ0n) is 16.0. The molecule has 6 nitrogen and oxygen atoms in total. The number of amides is 1. The van der Waals surface area contributed by atoms with E-state index < -0.39 is 5.91 Å². The third kappa shape index (κ3) is 5.41. The SMILES string of the molecule is O=C(Nc1ccn(Cc2c(Cl)cccc2Cl)n1)c1ccc(COc2cccc(Cl)c2)o1. The number of carbonyl (C=O) groups excluding carboxylic acids is 1. The smallest absolute Gasteiger partial charge is 0.292 e. The van der Waals surface area contributed by atoms with Gasteiger partial charge in [0.05, 0.1) is 6.54 Å². The van der Waals surface area contributed by atoms with Gasteiger partial charge in [-0.3, -0.25) is 9.48 Å². The molecule has 1 amide bonds. The van der Waals surface area contributed by atoms with Crippen molar-refractivity contribution in [2.24, 2.45) is 0 Å². The molecule has 4 aromatic rings. The summed E-state index contributed by atoms with van der Waals surface area (Å²) in [5.74, 6) is 1.22. The molecular weight excluding hydrogens is 461 g/mol. The fraction of sp³-hybridized carbons (Fsp3) is 0.0909. The lowest BCUT2D eigenvalue weighted by Crippen LogP contribution is -2.12. The lowest BCUT2D eigenvalue weighted by Gasteiger charge is -2.07. The standard InChI is InChI=1S/C22H16Cl3N3O3/c23-14-3-1-4-15(11-14)30-13-16-7-8-20(31-16)22(29)26-21-9-10-28(27-21)12-17-18(24)5-2-6-19(17)25/h1-11H,12-13H2,(H,26,27,29). The first-order valence-corrected chi connectivity index (χ1v) is 10.4. The van der Waals surface area contributed by atoms with E-state index in [-0.39, 0.29) is 12.4 Å². The fourth-order valence-electron chi connectivity index (χ4n) is 2.83. The minimum atomic E-state index is -0.421. The van der Waals surface area contributed by atoms with Crippen LogP contribution in [0.15, 0.2) is 71.3 Å². The molecule has 0 aliphatic carbocycles. The number of nitrogens with zero attached hydrogens (tertiary/aromatic N) is 2. The first-order valence-electron chi connectivity index (χ1n) is 9.23. The van der Waals surface area contributed by atoms with Crippen LogP contribution in [0.2, 0.25) is 15.1 Å². The van der Waals surface area contributed by atoms with Crippen LogP contribution in [-0.2, 0) is 13.2 Å². The highest BCUT2D eigenvalue weighted by Gasteiger charge is 2.14. The quantitative estimate of drug-likeness (QED) is 0.339. The highest BCUT2D eigenvalue weighted by molar-refractivity contribution is 6.36. The van der Waals surface area contributed by atoms with Crippen molar-refractivity contribution in [1.82, 2.24) is 9.78 Å². The number of nitrogens with one attached hydrogen (secondary N) is 1. The summed E-state index contributed by atoms with van der Waals surface area (Å²) in [6.07, 6.45) is 1.72. The van der Waals surface area contributed by atoms with E-state index in [9.17, 15) is 4.79 Å². The first kappa shape index (κ1) is 21.3. The molecule has 158 valence electrons. The van der Waals surface area contributed by atoms with Gasteiger partial charge in [-0.05, 0) is 42.5 Å². The van der Waals surface area contributed by atoms with Crippen molar-refractivity contribution in [2.75, 3.05) is 5.32 Å². The predicted octanol–water partition coefficient (Wildman–Crippen LogP) is 6.32. The van der Waals surface area contributed by atoms with Crippen LogP contribution < -0.4 is 10.1 Å². The maximum absolute atomic E-state index is 12.5. The number of rotatable bonds is 7. The van der Waals surface area contributed by atoms with E-state index in [0.29, 0.717) is 38.9 Å². The molecule has 31 heavy (non-hydrogen) atoms. The number of hydrogen-bond donors (Lipinski definition) is 1. The van der Waals surface area contributed by atoms with Crippen molar-refractivity contribution in [2.45, 2.75) is 13.2 Å². The number of hydrogen-bond acceptors (Lipinski definition) is 4. The molecule has 4 rings (SSSR count). The number of anilines is 1. The van der Waals surface area contributed by atoms with Crippen molar-refractivity contribution in [3.8, 4) is 5.75 Å².